The first-order valence-corrected chi connectivity index (χ1v) is 14.3. The summed E-state index contributed by atoms with van der Waals surface area (Å²) in [5.74, 6) is 0.188. The lowest BCUT2D eigenvalue weighted by Crippen LogP contribution is -2.48. The van der Waals surface area contributed by atoms with Crippen LogP contribution in [0.15, 0.2) is 116 Å². The minimum absolute atomic E-state index is 0.0120. The fourth-order valence-corrected chi connectivity index (χ4v) is 6.10. The Morgan fingerprint density at radius 2 is 2.00 bits per heavy atom. The average molecular weight is 548 g/mol. The first-order valence-electron chi connectivity index (χ1n) is 11.9. The number of aromatic amines is 1. The van der Waals surface area contributed by atoms with E-state index in [1.165, 1.54) is 35.6 Å². The van der Waals surface area contributed by atoms with Crippen LogP contribution in [0.1, 0.15) is 17.1 Å². The van der Waals surface area contributed by atoms with Crippen molar-refractivity contribution < 1.29 is 17.6 Å². The van der Waals surface area contributed by atoms with Crippen LogP contribution < -0.4 is 10.3 Å². The first kappa shape index (κ1) is 25.7. The number of benzene rings is 1. The number of fused-ring (bicyclic) bond motifs is 1. The molecule has 0 spiro atoms. The number of pyridine rings is 1. The Bertz CT molecular complexity index is 1650. The molecule has 8 nitrogen and oxygen atoms in total. The number of aromatic nitrogens is 1. The van der Waals surface area contributed by atoms with E-state index in [4.69, 9.17) is 4.42 Å². The molecule has 2 N–H and O–H groups in total. The summed E-state index contributed by atoms with van der Waals surface area (Å²) in [5, 5.41) is 2.49. The molecule has 0 saturated carbocycles. The van der Waals surface area contributed by atoms with E-state index in [0.717, 1.165) is 4.88 Å². The van der Waals surface area contributed by atoms with Gasteiger partial charge in [0.25, 0.3) is 0 Å². The fourth-order valence-electron chi connectivity index (χ4n) is 4.17. The highest BCUT2D eigenvalue weighted by Gasteiger charge is 2.32. The number of carbonyl (C=O) groups is 1. The maximum absolute atomic E-state index is 14.1. The van der Waals surface area contributed by atoms with Crippen molar-refractivity contribution in [1.82, 2.24) is 14.6 Å². The number of hydrogen-bond donors (Lipinski definition) is 2. The number of sulfonamides is 1. The molecular weight excluding hydrogens is 522 g/mol. The van der Waals surface area contributed by atoms with Gasteiger partial charge in [-0.25, -0.2) is 8.42 Å². The van der Waals surface area contributed by atoms with E-state index in [1.54, 1.807) is 41.5 Å². The second-order valence-corrected chi connectivity index (χ2v) is 11.5. The van der Waals surface area contributed by atoms with Crippen LogP contribution in [0, 0.1) is 0 Å². The molecule has 194 valence electrons. The maximum Gasteiger partial charge on any atom is 0.248 e. The molecule has 10 heteroatoms. The standard InChI is InChI=1S/C28H25N3O5S2/c32-26-14-11-21-17-24(12-13-25(21)29-26)38(34,35)30-27(20-7-3-1-2-4-8-20)28(33)31(18-22-9-5-15-36-22)19-23-10-6-16-37-23/h1-3,5-17,27,30H,4,18-19H2,(H,29,32). The van der Waals surface area contributed by atoms with Crippen molar-refractivity contribution in [2.75, 3.05) is 0 Å². The lowest BCUT2D eigenvalue weighted by Gasteiger charge is -2.28. The lowest BCUT2D eigenvalue weighted by molar-refractivity contribution is -0.133. The predicted octanol–water partition coefficient (Wildman–Crippen LogP) is 4.50. The minimum Gasteiger partial charge on any atom is -0.467 e. The van der Waals surface area contributed by atoms with Crippen molar-refractivity contribution >= 4 is 38.2 Å². The molecule has 0 bridgehead atoms. The molecular formula is C28H25N3O5S2. The van der Waals surface area contributed by atoms with Gasteiger partial charge in [0, 0.05) is 16.5 Å². The lowest BCUT2D eigenvalue weighted by atomic mass is 10.1. The molecule has 0 aliphatic heterocycles. The van der Waals surface area contributed by atoms with Crippen LogP contribution in [0.5, 0.6) is 0 Å². The number of thiophene rings is 1. The van der Waals surface area contributed by atoms with E-state index >= 15 is 0 Å². The molecule has 1 atom stereocenters. The zero-order valence-corrected chi connectivity index (χ0v) is 21.9. The van der Waals surface area contributed by atoms with Gasteiger partial charge in [-0.1, -0.05) is 36.4 Å². The molecule has 4 aromatic rings. The average Bonchev–Trinajstić information content (AvgIpc) is 3.55. The zero-order chi connectivity index (χ0) is 26.5. The summed E-state index contributed by atoms with van der Waals surface area (Å²) in [7, 11) is -4.13. The van der Waals surface area contributed by atoms with E-state index in [0.29, 0.717) is 35.2 Å². The number of furan rings is 1. The van der Waals surface area contributed by atoms with Gasteiger partial charge in [0.2, 0.25) is 21.5 Å². The third kappa shape index (κ3) is 5.94. The van der Waals surface area contributed by atoms with Crippen LogP contribution in [0.3, 0.4) is 0 Å². The van der Waals surface area contributed by atoms with Gasteiger partial charge < -0.3 is 14.3 Å². The van der Waals surface area contributed by atoms with Gasteiger partial charge in [0.05, 0.1) is 24.2 Å². The highest BCUT2D eigenvalue weighted by atomic mass is 32.2. The summed E-state index contributed by atoms with van der Waals surface area (Å²) in [6.07, 6.45) is 11.3. The fraction of sp³-hybridized carbons (Fsp3) is 0.143. The molecule has 1 aliphatic carbocycles. The molecule has 0 fully saturated rings. The van der Waals surface area contributed by atoms with Crippen LogP contribution >= 0.6 is 11.3 Å². The molecule has 3 aromatic heterocycles. The number of hydrogen-bond acceptors (Lipinski definition) is 6. The monoisotopic (exact) mass is 547 g/mol. The van der Waals surface area contributed by atoms with Crippen molar-refractivity contribution in [3.8, 4) is 0 Å². The summed E-state index contributed by atoms with van der Waals surface area (Å²) in [5.41, 5.74) is 0.787. The highest BCUT2D eigenvalue weighted by Crippen LogP contribution is 2.22. The minimum atomic E-state index is -4.13. The van der Waals surface area contributed by atoms with E-state index in [2.05, 4.69) is 9.71 Å². The van der Waals surface area contributed by atoms with E-state index in [9.17, 15) is 18.0 Å². The van der Waals surface area contributed by atoms with Crippen molar-refractivity contribution in [2.24, 2.45) is 0 Å². The second kappa shape index (κ2) is 11.2. The normalized spacial score (nSPS) is 14.3. The molecule has 1 aliphatic rings. The molecule has 0 radical (unpaired) electrons. The van der Waals surface area contributed by atoms with Gasteiger partial charge in [-0.2, -0.15) is 4.72 Å². The summed E-state index contributed by atoms with van der Waals surface area (Å²) in [6.45, 7) is 0.481. The number of rotatable bonds is 9. The smallest absolute Gasteiger partial charge is 0.248 e. The van der Waals surface area contributed by atoms with Crippen LogP contribution in [-0.2, 0) is 27.9 Å². The summed E-state index contributed by atoms with van der Waals surface area (Å²) < 4.78 is 35.4. The number of nitrogens with one attached hydrogen (secondary N) is 2. The van der Waals surface area contributed by atoms with E-state index < -0.39 is 22.0 Å². The van der Waals surface area contributed by atoms with Gasteiger partial charge in [-0.05, 0) is 65.2 Å². The summed E-state index contributed by atoms with van der Waals surface area (Å²) >= 11 is 1.52. The topological polar surface area (TPSA) is 112 Å². The van der Waals surface area contributed by atoms with Gasteiger partial charge in [0.1, 0.15) is 11.8 Å². The first-order chi connectivity index (χ1) is 18.4. The van der Waals surface area contributed by atoms with Crippen molar-refractivity contribution in [1.29, 1.82) is 0 Å². The van der Waals surface area contributed by atoms with Gasteiger partial charge in [-0.15, -0.1) is 11.3 Å². The van der Waals surface area contributed by atoms with E-state index in [1.807, 2.05) is 35.7 Å². The second-order valence-electron chi connectivity index (χ2n) is 8.71. The number of allylic oxidation sites excluding steroid dienone is 4. The Hall–Kier alpha value is -3.99. The van der Waals surface area contributed by atoms with Crippen molar-refractivity contribution in [3.05, 3.63) is 123 Å². The van der Waals surface area contributed by atoms with Crippen molar-refractivity contribution in [3.63, 3.8) is 0 Å². The van der Waals surface area contributed by atoms with Gasteiger partial charge in [-0.3, -0.25) is 9.59 Å². The maximum atomic E-state index is 14.1. The number of carbonyl (C=O) groups excluding carboxylic acids is 1. The Morgan fingerprint density at radius 1 is 1.11 bits per heavy atom. The molecule has 1 unspecified atom stereocenters. The van der Waals surface area contributed by atoms with Crippen molar-refractivity contribution in [2.45, 2.75) is 30.4 Å². The van der Waals surface area contributed by atoms with Crippen LogP contribution in [-0.4, -0.2) is 30.3 Å². The largest absolute Gasteiger partial charge is 0.467 e. The SMILES string of the molecule is O=C(C(NS(=O)(=O)c1ccc2[nH]c(=O)ccc2c1)C1=CCC=CC=C1)N(Cc1ccco1)Cc1cccs1. The molecule has 1 aromatic carbocycles. The van der Waals surface area contributed by atoms with Crippen LogP contribution in [0.25, 0.3) is 10.9 Å². The zero-order valence-electron chi connectivity index (χ0n) is 20.2. The number of H-pyrrole nitrogens is 1. The predicted molar refractivity (Wildman–Crippen MR) is 147 cm³/mol. The summed E-state index contributed by atoms with van der Waals surface area (Å²) in [4.78, 5) is 30.9. The molecule has 5 rings (SSSR count). The Morgan fingerprint density at radius 3 is 2.79 bits per heavy atom. The Kier molecular flexibility index (Phi) is 7.54. The third-order valence-corrected chi connectivity index (χ3v) is 8.33. The quantitative estimate of drug-likeness (QED) is 0.320. The van der Waals surface area contributed by atoms with Gasteiger partial charge in [0.15, 0.2) is 0 Å². The Labute approximate surface area is 223 Å². The highest BCUT2D eigenvalue weighted by molar-refractivity contribution is 7.89. The molecule has 1 amide bonds. The Balaban J connectivity index is 1.51. The molecule has 38 heavy (non-hydrogen) atoms. The van der Waals surface area contributed by atoms with Crippen LogP contribution in [0.2, 0.25) is 0 Å². The van der Waals surface area contributed by atoms with E-state index in [-0.39, 0.29) is 17.0 Å². The molecule has 3 heterocycles. The number of nitrogens with zero attached hydrogens (tertiary/aromatic N) is 1. The van der Waals surface area contributed by atoms with Crippen LogP contribution in [0.4, 0.5) is 0 Å². The van der Waals surface area contributed by atoms with Gasteiger partial charge >= 0.3 is 0 Å². The third-order valence-electron chi connectivity index (χ3n) is 6.05. The summed E-state index contributed by atoms with van der Waals surface area (Å²) in [6, 6.07) is 13.5. The number of amides is 1. The molecule has 0 saturated heterocycles.